The molecule has 2 atom stereocenters. The predicted molar refractivity (Wildman–Crippen MR) is 57.6 cm³/mol. The van der Waals surface area contributed by atoms with E-state index in [1.807, 2.05) is 0 Å². The van der Waals surface area contributed by atoms with Crippen molar-refractivity contribution in [2.24, 2.45) is 5.92 Å². The zero-order valence-corrected chi connectivity index (χ0v) is 9.41. The van der Waals surface area contributed by atoms with E-state index in [4.69, 9.17) is 10.2 Å². The van der Waals surface area contributed by atoms with Crippen molar-refractivity contribution >= 4 is 11.9 Å². The summed E-state index contributed by atoms with van der Waals surface area (Å²) in [5.74, 6) is -3.60. The number of carboxylic acid groups (broad SMARTS) is 2. The molecule has 0 aliphatic heterocycles. The van der Waals surface area contributed by atoms with Crippen LogP contribution in [-0.4, -0.2) is 32.2 Å². The van der Waals surface area contributed by atoms with Crippen LogP contribution >= 0.6 is 0 Å². The van der Waals surface area contributed by atoms with Gasteiger partial charge in [0.1, 0.15) is 5.60 Å². The van der Waals surface area contributed by atoms with E-state index in [0.29, 0.717) is 0 Å². The number of carbonyl (C=O) groups is 2. The summed E-state index contributed by atoms with van der Waals surface area (Å²) in [6, 6.07) is 1.31. The first kappa shape index (κ1) is 13.1. The van der Waals surface area contributed by atoms with Crippen molar-refractivity contribution in [1.82, 2.24) is 4.98 Å². The highest BCUT2D eigenvalue weighted by Gasteiger charge is 2.38. The number of aromatic nitrogens is 1. The Hall–Kier alpha value is -1.95. The Labute approximate surface area is 97.5 Å². The van der Waals surface area contributed by atoms with Gasteiger partial charge < -0.3 is 15.3 Å². The first-order chi connectivity index (χ1) is 7.78. The molecule has 1 heterocycles. The molecule has 92 valence electrons. The molecular formula is C11H13NO5. The molecule has 3 N–H and O–H groups in total. The van der Waals surface area contributed by atoms with Crippen LogP contribution in [0.4, 0.5) is 0 Å². The van der Waals surface area contributed by atoms with Gasteiger partial charge in [-0.15, -0.1) is 0 Å². The van der Waals surface area contributed by atoms with Gasteiger partial charge in [-0.2, -0.15) is 0 Å². The van der Waals surface area contributed by atoms with Crippen LogP contribution in [0.3, 0.4) is 0 Å². The fourth-order valence-corrected chi connectivity index (χ4v) is 1.48. The van der Waals surface area contributed by atoms with Crippen LogP contribution in [0.5, 0.6) is 0 Å². The second kappa shape index (κ2) is 4.50. The minimum Gasteiger partial charge on any atom is -0.481 e. The summed E-state index contributed by atoms with van der Waals surface area (Å²) < 4.78 is 0. The lowest BCUT2D eigenvalue weighted by Crippen LogP contribution is -2.36. The first-order valence-electron chi connectivity index (χ1n) is 4.91. The monoisotopic (exact) mass is 239 g/mol. The Morgan fingerprint density at radius 2 is 2.00 bits per heavy atom. The van der Waals surface area contributed by atoms with E-state index in [0.717, 1.165) is 6.20 Å². The van der Waals surface area contributed by atoms with E-state index in [-0.39, 0.29) is 11.1 Å². The van der Waals surface area contributed by atoms with Crippen molar-refractivity contribution in [3.8, 4) is 0 Å². The Balaban J connectivity index is 3.32. The lowest BCUT2D eigenvalue weighted by atomic mass is 9.82. The number of aromatic carboxylic acids is 1. The zero-order chi connectivity index (χ0) is 13.2. The number of nitrogens with zero attached hydrogens (tertiary/aromatic N) is 1. The fraction of sp³-hybridized carbons (Fsp3) is 0.364. The van der Waals surface area contributed by atoms with E-state index in [9.17, 15) is 14.7 Å². The van der Waals surface area contributed by atoms with Gasteiger partial charge in [0.05, 0.1) is 11.5 Å². The fourth-order valence-electron chi connectivity index (χ4n) is 1.48. The van der Waals surface area contributed by atoms with Gasteiger partial charge in [-0.05, 0) is 19.9 Å². The number of aliphatic carboxylic acids is 1. The Kier molecular flexibility index (Phi) is 3.47. The predicted octanol–water partition coefficient (Wildman–Crippen LogP) is 0.708. The van der Waals surface area contributed by atoms with Crippen LogP contribution < -0.4 is 0 Å². The third kappa shape index (κ3) is 2.42. The molecular weight excluding hydrogens is 226 g/mol. The van der Waals surface area contributed by atoms with Crippen molar-refractivity contribution < 1.29 is 24.9 Å². The molecule has 17 heavy (non-hydrogen) atoms. The minimum atomic E-state index is -1.78. The first-order valence-corrected chi connectivity index (χ1v) is 4.91. The van der Waals surface area contributed by atoms with E-state index < -0.39 is 23.5 Å². The summed E-state index contributed by atoms with van der Waals surface area (Å²) in [4.78, 5) is 25.5. The maximum absolute atomic E-state index is 11.0. The average molecular weight is 239 g/mol. The summed E-state index contributed by atoms with van der Waals surface area (Å²) in [6.45, 7) is 2.59. The van der Waals surface area contributed by atoms with Crippen LogP contribution in [0.15, 0.2) is 18.5 Å². The highest BCUT2D eigenvalue weighted by Crippen LogP contribution is 2.31. The minimum absolute atomic E-state index is 0.0369. The number of carboxylic acids is 2. The summed E-state index contributed by atoms with van der Waals surface area (Å²) in [5.41, 5.74) is -1.94. The molecule has 0 amide bonds. The molecule has 1 aromatic rings. The third-order valence-electron chi connectivity index (χ3n) is 2.81. The Morgan fingerprint density at radius 1 is 1.41 bits per heavy atom. The molecule has 0 radical (unpaired) electrons. The van der Waals surface area contributed by atoms with E-state index in [2.05, 4.69) is 4.98 Å². The molecule has 2 unspecified atom stereocenters. The second-order valence-electron chi connectivity index (χ2n) is 3.93. The van der Waals surface area contributed by atoms with Crippen molar-refractivity contribution in [2.45, 2.75) is 19.4 Å². The van der Waals surface area contributed by atoms with Crippen molar-refractivity contribution in [3.63, 3.8) is 0 Å². The summed E-state index contributed by atoms with van der Waals surface area (Å²) in [6.07, 6.45) is 2.39. The summed E-state index contributed by atoms with van der Waals surface area (Å²) in [7, 11) is 0. The number of pyridine rings is 1. The van der Waals surface area contributed by atoms with Gasteiger partial charge in [0.15, 0.2) is 0 Å². The largest absolute Gasteiger partial charge is 0.481 e. The van der Waals surface area contributed by atoms with Gasteiger partial charge in [0, 0.05) is 18.0 Å². The van der Waals surface area contributed by atoms with Gasteiger partial charge in [-0.1, -0.05) is 0 Å². The number of hydrogen-bond donors (Lipinski definition) is 3. The molecule has 0 aliphatic rings. The SMILES string of the molecule is CC(C(=O)O)C(C)(O)c1ccncc1C(=O)O. The second-order valence-corrected chi connectivity index (χ2v) is 3.93. The van der Waals surface area contributed by atoms with E-state index >= 15 is 0 Å². The van der Waals surface area contributed by atoms with Gasteiger partial charge in [0.2, 0.25) is 0 Å². The summed E-state index contributed by atoms with van der Waals surface area (Å²) in [5, 5.41) is 28.0. The van der Waals surface area contributed by atoms with E-state index in [1.165, 1.54) is 26.1 Å². The number of aliphatic hydroxyl groups is 1. The normalized spacial score (nSPS) is 15.9. The van der Waals surface area contributed by atoms with Crippen molar-refractivity contribution in [2.75, 3.05) is 0 Å². The van der Waals surface area contributed by atoms with Gasteiger partial charge >= 0.3 is 11.9 Å². The molecule has 1 rings (SSSR count). The van der Waals surface area contributed by atoms with Crippen LogP contribution in [0.25, 0.3) is 0 Å². The molecule has 6 nitrogen and oxygen atoms in total. The van der Waals surface area contributed by atoms with E-state index in [1.54, 1.807) is 0 Å². The smallest absolute Gasteiger partial charge is 0.337 e. The number of hydrogen-bond acceptors (Lipinski definition) is 4. The molecule has 0 spiro atoms. The van der Waals surface area contributed by atoms with Crippen molar-refractivity contribution in [3.05, 3.63) is 29.6 Å². The van der Waals surface area contributed by atoms with Crippen LogP contribution in [0, 0.1) is 5.92 Å². The molecule has 0 aliphatic carbocycles. The zero-order valence-electron chi connectivity index (χ0n) is 9.41. The maximum Gasteiger partial charge on any atom is 0.337 e. The third-order valence-corrected chi connectivity index (χ3v) is 2.81. The molecule has 6 heteroatoms. The van der Waals surface area contributed by atoms with Gasteiger partial charge in [-0.3, -0.25) is 9.78 Å². The van der Waals surface area contributed by atoms with Crippen LogP contribution in [-0.2, 0) is 10.4 Å². The maximum atomic E-state index is 11.0. The van der Waals surface area contributed by atoms with Gasteiger partial charge in [-0.25, -0.2) is 4.79 Å². The molecule has 0 bridgehead atoms. The summed E-state index contributed by atoms with van der Waals surface area (Å²) >= 11 is 0. The number of rotatable bonds is 4. The Bertz CT molecular complexity index is 455. The highest BCUT2D eigenvalue weighted by atomic mass is 16.4. The van der Waals surface area contributed by atoms with Crippen LogP contribution in [0.1, 0.15) is 29.8 Å². The topological polar surface area (TPSA) is 108 Å². The van der Waals surface area contributed by atoms with Gasteiger partial charge in [0.25, 0.3) is 0 Å². The molecule has 0 fully saturated rings. The Morgan fingerprint density at radius 3 is 2.47 bits per heavy atom. The molecule has 0 aromatic carbocycles. The molecule has 0 saturated carbocycles. The highest BCUT2D eigenvalue weighted by molar-refractivity contribution is 5.89. The lowest BCUT2D eigenvalue weighted by Gasteiger charge is -2.28. The average Bonchev–Trinajstić information content (AvgIpc) is 2.27. The quantitative estimate of drug-likeness (QED) is 0.714. The molecule has 0 saturated heterocycles. The lowest BCUT2D eigenvalue weighted by molar-refractivity contribution is -0.150. The van der Waals surface area contributed by atoms with Crippen LogP contribution in [0.2, 0.25) is 0 Å². The standard InChI is InChI=1S/C11H13NO5/c1-6(9(13)14)11(2,17)8-3-4-12-5-7(8)10(15)16/h3-6,17H,1-2H3,(H,13,14)(H,15,16). The van der Waals surface area contributed by atoms with Crippen molar-refractivity contribution in [1.29, 1.82) is 0 Å². The molecule has 1 aromatic heterocycles.